The average molecular weight is 285 g/mol. The van der Waals surface area contributed by atoms with E-state index in [1.54, 1.807) is 6.20 Å². The van der Waals surface area contributed by atoms with E-state index in [1.165, 1.54) is 11.1 Å². The van der Waals surface area contributed by atoms with E-state index in [2.05, 4.69) is 36.3 Å². The molecule has 1 aliphatic rings. The van der Waals surface area contributed by atoms with Gasteiger partial charge >= 0.3 is 0 Å². The average Bonchev–Trinajstić information content (AvgIpc) is 3.11. The quantitative estimate of drug-likeness (QED) is 0.884. The number of aliphatic hydroxyl groups is 1. The molecule has 0 fully saturated rings. The minimum absolute atomic E-state index is 0.302. The lowest BCUT2D eigenvalue weighted by atomic mass is 9.77. The Morgan fingerprint density at radius 3 is 2.57 bits per heavy atom. The Morgan fingerprint density at radius 2 is 2.00 bits per heavy atom. The van der Waals surface area contributed by atoms with E-state index in [0.29, 0.717) is 6.54 Å². The van der Waals surface area contributed by atoms with Gasteiger partial charge in [0.15, 0.2) is 0 Å². The first-order valence-electron chi connectivity index (χ1n) is 7.66. The summed E-state index contributed by atoms with van der Waals surface area (Å²) in [5.41, 5.74) is 9.26. The van der Waals surface area contributed by atoms with Crippen molar-refractivity contribution >= 4 is 0 Å². The van der Waals surface area contributed by atoms with E-state index in [1.807, 2.05) is 10.9 Å². The largest absolute Gasteiger partial charge is 0.388 e. The minimum atomic E-state index is -0.569. The molecule has 3 N–H and O–H groups in total. The van der Waals surface area contributed by atoms with Crippen molar-refractivity contribution in [1.29, 1.82) is 0 Å². The summed E-state index contributed by atoms with van der Waals surface area (Å²) >= 11 is 0. The van der Waals surface area contributed by atoms with Gasteiger partial charge in [-0.05, 0) is 30.4 Å². The first kappa shape index (κ1) is 14.3. The molecular weight excluding hydrogens is 262 g/mol. The molecular formula is C17H23N3O. The van der Waals surface area contributed by atoms with Gasteiger partial charge in [-0.15, -0.1) is 0 Å². The van der Waals surface area contributed by atoms with E-state index in [9.17, 15) is 5.11 Å². The Hall–Kier alpha value is -1.65. The van der Waals surface area contributed by atoms with Gasteiger partial charge in [0.25, 0.3) is 0 Å². The summed E-state index contributed by atoms with van der Waals surface area (Å²) < 4.78 is 1.89. The van der Waals surface area contributed by atoms with Gasteiger partial charge in [0.05, 0.1) is 12.3 Å². The van der Waals surface area contributed by atoms with Gasteiger partial charge in [0, 0.05) is 30.3 Å². The summed E-state index contributed by atoms with van der Waals surface area (Å²) in [4.78, 5) is 0. The van der Waals surface area contributed by atoms with Crippen molar-refractivity contribution in [3.63, 3.8) is 0 Å². The van der Waals surface area contributed by atoms with E-state index >= 15 is 0 Å². The highest BCUT2D eigenvalue weighted by atomic mass is 16.3. The molecule has 0 bridgehead atoms. The third-order valence-electron chi connectivity index (χ3n) is 4.61. The molecule has 0 aliphatic heterocycles. The summed E-state index contributed by atoms with van der Waals surface area (Å²) in [5.74, 6) is 0. The van der Waals surface area contributed by atoms with Gasteiger partial charge in [-0.2, -0.15) is 5.10 Å². The summed E-state index contributed by atoms with van der Waals surface area (Å²) in [6.45, 7) is 3.47. The molecule has 3 rings (SSSR count). The number of rotatable bonds is 5. The molecule has 4 heteroatoms. The summed E-state index contributed by atoms with van der Waals surface area (Å²) in [7, 11) is 0. The Labute approximate surface area is 125 Å². The highest BCUT2D eigenvalue weighted by Gasteiger charge is 2.43. The molecule has 1 aromatic heterocycles. The molecule has 2 aromatic rings. The van der Waals surface area contributed by atoms with Crippen LogP contribution in [0.1, 0.15) is 36.1 Å². The maximum Gasteiger partial charge on any atom is 0.0895 e. The zero-order chi connectivity index (χ0) is 14.9. The third-order valence-corrected chi connectivity index (χ3v) is 4.61. The van der Waals surface area contributed by atoms with Crippen molar-refractivity contribution < 1.29 is 5.11 Å². The van der Waals surface area contributed by atoms with Crippen LogP contribution in [0.25, 0.3) is 0 Å². The van der Waals surface area contributed by atoms with Crippen molar-refractivity contribution in [2.75, 3.05) is 6.54 Å². The highest BCUT2D eigenvalue weighted by molar-refractivity contribution is 5.36. The molecule has 0 spiro atoms. The molecule has 4 nitrogen and oxygen atoms in total. The van der Waals surface area contributed by atoms with Gasteiger partial charge < -0.3 is 10.8 Å². The molecule has 1 aliphatic carbocycles. The molecule has 1 heterocycles. The van der Waals surface area contributed by atoms with Gasteiger partial charge in [-0.3, -0.25) is 4.68 Å². The van der Waals surface area contributed by atoms with Crippen LogP contribution in [0.4, 0.5) is 0 Å². The standard InChI is InChI=1S/C17H23N3O/c1-2-7-20-11-15(10-19-20)16(21)17(12-18)8-13-5-3-4-6-14(13)9-17/h3-6,10-11,16,21H,2,7-9,12,18H2,1H3. The van der Waals surface area contributed by atoms with Gasteiger partial charge in [0.1, 0.15) is 0 Å². The predicted octanol–water partition coefficient (Wildman–Crippen LogP) is 2.07. The fraction of sp³-hybridized carbons (Fsp3) is 0.471. The Balaban J connectivity index is 1.86. The lowest BCUT2D eigenvalue weighted by Gasteiger charge is -2.32. The lowest BCUT2D eigenvalue weighted by Crippen LogP contribution is -2.37. The van der Waals surface area contributed by atoms with Crippen molar-refractivity contribution in [2.24, 2.45) is 11.1 Å². The second kappa shape index (κ2) is 5.62. The monoisotopic (exact) mass is 285 g/mol. The molecule has 1 unspecified atom stereocenters. The summed E-state index contributed by atoms with van der Waals surface area (Å²) in [5, 5.41) is 15.2. The number of hydrogen-bond acceptors (Lipinski definition) is 3. The van der Waals surface area contributed by atoms with Crippen LogP contribution < -0.4 is 5.73 Å². The predicted molar refractivity (Wildman–Crippen MR) is 82.8 cm³/mol. The van der Waals surface area contributed by atoms with Crippen LogP contribution in [-0.2, 0) is 19.4 Å². The van der Waals surface area contributed by atoms with Crippen LogP contribution in [0.3, 0.4) is 0 Å². The Morgan fingerprint density at radius 1 is 1.33 bits per heavy atom. The smallest absolute Gasteiger partial charge is 0.0895 e. The summed E-state index contributed by atoms with van der Waals surface area (Å²) in [6, 6.07) is 8.38. The van der Waals surface area contributed by atoms with Gasteiger partial charge in [0.2, 0.25) is 0 Å². The topological polar surface area (TPSA) is 64.1 Å². The molecule has 0 saturated heterocycles. The fourth-order valence-electron chi connectivity index (χ4n) is 3.40. The second-order valence-electron chi connectivity index (χ2n) is 6.13. The Bertz CT molecular complexity index is 595. The molecule has 0 amide bonds. The number of aromatic nitrogens is 2. The van der Waals surface area contributed by atoms with Gasteiger partial charge in [-0.25, -0.2) is 0 Å². The Kier molecular flexibility index (Phi) is 3.83. The van der Waals surface area contributed by atoms with Gasteiger partial charge in [-0.1, -0.05) is 31.2 Å². The number of nitrogens with two attached hydrogens (primary N) is 1. The third kappa shape index (κ3) is 2.49. The molecule has 112 valence electrons. The molecule has 0 radical (unpaired) electrons. The van der Waals surface area contributed by atoms with Crippen molar-refractivity contribution in [3.8, 4) is 0 Å². The van der Waals surface area contributed by atoms with E-state index < -0.39 is 6.10 Å². The van der Waals surface area contributed by atoms with Crippen LogP contribution >= 0.6 is 0 Å². The molecule has 1 aromatic carbocycles. The molecule has 1 atom stereocenters. The highest BCUT2D eigenvalue weighted by Crippen LogP contribution is 2.45. The number of hydrogen-bond donors (Lipinski definition) is 2. The first-order valence-corrected chi connectivity index (χ1v) is 7.66. The zero-order valence-electron chi connectivity index (χ0n) is 12.5. The van der Waals surface area contributed by atoms with E-state index in [-0.39, 0.29) is 5.41 Å². The van der Waals surface area contributed by atoms with Crippen LogP contribution in [0.2, 0.25) is 0 Å². The number of aliphatic hydroxyl groups excluding tert-OH is 1. The van der Waals surface area contributed by atoms with Crippen LogP contribution in [0.5, 0.6) is 0 Å². The maximum atomic E-state index is 10.9. The van der Waals surface area contributed by atoms with Crippen LogP contribution in [0.15, 0.2) is 36.7 Å². The number of nitrogens with zero attached hydrogens (tertiary/aromatic N) is 2. The van der Waals surface area contributed by atoms with Crippen LogP contribution in [0, 0.1) is 5.41 Å². The summed E-state index contributed by atoms with van der Waals surface area (Å²) in [6.07, 6.45) is 5.86. The van der Waals surface area contributed by atoms with Crippen molar-refractivity contribution in [3.05, 3.63) is 53.3 Å². The fourth-order valence-corrected chi connectivity index (χ4v) is 3.40. The normalized spacial score (nSPS) is 17.7. The molecule has 21 heavy (non-hydrogen) atoms. The van der Waals surface area contributed by atoms with Crippen molar-refractivity contribution in [2.45, 2.75) is 38.8 Å². The number of aryl methyl sites for hydroxylation is 1. The second-order valence-corrected chi connectivity index (χ2v) is 6.13. The lowest BCUT2D eigenvalue weighted by molar-refractivity contribution is 0.0357. The minimum Gasteiger partial charge on any atom is -0.388 e. The van der Waals surface area contributed by atoms with Crippen molar-refractivity contribution in [1.82, 2.24) is 9.78 Å². The van der Waals surface area contributed by atoms with Crippen LogP contribution in [-0.4, -0.2) is 21.4 Å². The maximum absolute atomic E-state index is 10.9. The SMILES string of the molecule is CCCn1cc(C(O)C2(CN)Cc3ccccc3C2)cn1. The zero-order valence-corrected chi connectivity index (χ0v) is 12.5. The number of fused-ring (bicyclic) bond motifs is 1. The number of benzene rings is 1. The van der Waals surface area contributed by atoms with E-state index in [4.69, 9.17) is 5.73 Å². The van der Waals surface area contributed by atoms with E-state index in [0.717, 1.165) is 31.4 Å². The first-order chi connectivity index (χ1) is 10.2. The molecule has 0 saturated carbocycles.